The van der Waals surface area contributed by atoms with Gasteiger partial charge in [0.25, 0.3) is 0 Å². The van der Waals surface area contributed by atoms with Crippen molar-refractivity contribution < 1.29 is 0 Å². The lowest BCUT2D eigenvalue weighted by molar-refractivity contribution is 0.807. The van der Waals surface area contributed by atoms with Crippen LogP contribution in [0.5, 0.6) is 0 Å². The lowest BCUT2D eigenvalue weighted by Gasteiger charge is -2.05. The number of hydrogen-bond donors (Lipinski definition) is 1. The molecular formula is C12H17N. The normalized spacial score (nSPS) is 26.1. The summed E-state index contributed by atoms with van der Waals surface area (Å²) in [6.07, 6.45) is 1.29. The zero-order valence-electron chi connectivity index (χ0n) is 8.38. The molecule has 0 saturated heterocycles. The second kappa shape index (κ2) is 3.15. The van der Waals surface area contributed by atoms with Crippen molar-refractivity contribution in [2.45, 2.75) is 26.2 Å². The van der Waals surface area contributed by atoms with E-state index < -0.39 is 0 Å². The van der Waals surface area contributed by atoms with Crippen LogP contribution < -0.4 is 5.73 Å². The van der Waals surface area contributed by atoms with Crippen LogP contribution in [-0.2, 0) is 0 Å². The predicted octanol–water partition coefficient (Wildman–Crippen LogP) is 2.37. The van der Waals surface area contributed by atoms with Gasteiger partial charge in [0.15, 0.2) is 0 Å². The van der Waals surface area contributed by atoms with E-state index in [1.165, 1.54) is 23.1 Å². The topological polar surface area (TPSA) is 26.0 Å². The quantitative estimate of drug-likeness (QED) is 0.733. The summed E-state index contributed by atoms with van der Waals surface area (Å²) < 4.78 is 0. The number of rotatable bonds is 2. The summed E-state index contributed by atoms with van der Waals surface area (Å²) in [6, 6.07) is 6.71. The van der Waals surface area contributed by atoms with Gasteiger partial charge in [-0.25, -0.2) is 0 Å². The summed E-state index contributed by atoms with van der Waals surface area (Å²) in [5.41, 5.74) is 9.96. The zero-order valence-corrected chi connectivity index (χ0v) is 8.38. The Morgan fingerprint density at radius 3 is 2.77 bits per heavy atom. The molecule has 1 aliphatic rings. The third kappa shape index (κ3) is 1.61. The van der Waals surface area contributed by atoms with E-state index in [1.54, 1.807) is 0 Å². The molecule has 0 bridgehead atoms. The SMILES string of the molecule is Cc1ccc(C)c(C2CC2CN)c1. The van der Waals surface area contributed by atoms with E-state index in [9.17, 15) is 0 Å². The molecule has 0 amide bonds. The molecule has 0 radical (unpaired) electrons. The molecule has 1 saturated carbocycles. The van der Waals surface area contributed by atoms with Gasteiger partial charge in [-0.1, -0.05) is 23.8 Å². The Bertz CT molecular complexity index is 317. The van der Waals surface area contributed by atoms with Crippen LogP contribution in [0, 0.1) is 19.8 Å². The summed E-state index contributed by atoms with van der Waals surface area (Å²) in [5.74, 6) is 1.50. The Balaban J connectivity index is 2.25. The minimum Gasteiger partial charge on any atom is -0.330 e. The highest BCUT2D eigenvalue weighted by molar-refractivity contribution is 5.36. The van der Waals surface area contributed by atoms with Crippen molar-refractivity contribution in [2.24, 2.45) is 11.7 Å². The van der Waals surface area contributed by atoms with Crippen LogP contribution in [0.3, 0.4) is 0 Å². The fourth-order valence-electron chi connectivity index (χ4n) is 2.05. The molecular weight excluding hydrogens is 158 g/mol. The van der Waals surface area contributed by atoms with Crippen LogP contribution in [0.15, 0.2) is 18.2 Å². The van der Waals surface area contributed by atoms with Gasteiger partial charge >= 0.3 is 0 Å². The Morgan fingerprint density at radius 2 is 2.15 bits per heavy atom. The monoisotopic (exact) mass is 175 g/mol. The lowest BCUT2D eigenvalue weighted by atomic mass is 10.0. The maximum absolute atomic E-state index is 5.65. The Hall–Kier alpha value is -0.820. The molecule has 1 fully saturated rings. The highest BCUT2D eigenvalue weighted by Gasteiger charge is 2.37. The van der Waals surface area contributed by atoms with Gasteiger partial charge in [0.2, 0.25) is 0 Å². The van der Waals surface area contributed by atoms with Crippen molar-refractivity contribution in [3.8, 4) is 0 Å². The van der Waals surface area contributed by atoms with Crippen molar-refractivity contribution in [1.82, 2.24) is 0 Å². The summed E-state index contributed by atoms with van der Waals surface area (Å²) in [6.45, 7) is 5.20. The molecule has 2 N–H and O–H groups in total. The van der Waals surface area contributed by atoms with E-state index in [0.717, 1.165) is 18.4 Å². The van der Waals surface area contributed by atoms with Gasteiger partial charge in [-0.3, -0.25) is 0 Å². The van der Waals surface area contributed by atoms with Crippen molar-refractivity contribution >= 4 is 0 Å². The van der Waals surface area contributed by atoms with Crippen LogP contribution in [-0.4, -0.2) is 6.54 Å². The van der Waals surface area contributed by atoms with Crippen LogP contribution >= 0.6 is 0 Å². The fourth-order valence-corrected chi connectivity index (χ4v) is 2.05. The van der Waals surface area contributed by atoms with Gasteiger partial charge in [0, 0.05) is 0 Å². The lowest BCUT2D eigenvalue weighted by Crippen LogP contribution is -2.02. The maximum atomic E-state index is 5.65. The van der Waals surface area contributed by atoms with E-state index in [0.29, 0.717) is 0 Å². The Labute approximate surface area is 80.0 Å². The van der Waals surface area contributed by atoms with Crippen LogP contribution in [0.25, 0.3) is 0 Å². The second-order valence-corrected chi connectivity index (χ2v) is 4.20. The van der Waals surface area contributed by atoms with E-state index in [1.807, 2.05) is 0 Å². The first-order valence-electron chi connectivity index (χ1n) is 4.99. The zero-order chi connectivity index (χ0) is 9.42. The van der Waals surface area contributed by atoms with Gasteiger partial charge in [0.05, 0.1) is 0 Å². The minimum atomic E-state index is 0.750. The molecule has 0 heterocycles. The summed E-state index contributed by atoms with van der Waals surface area (Å²) >= 11 is 0. The molecule has 0 aromatic heterocycles. The van der Waals surface area contributed by atoms with E-state index in [2.05, 4.69) is 32.0 Å². The molecule has 1 heteroatoms. The third-order valence-corrected chi connectivity index (χ3v) is 3.06. The van der Waals surface area contributed by atoms with Crippen molar-refractivity contribution in [3.63, 3.8) is 0 Å². The number of aryl methyl sites for hydroxylation is 2. The van der Waals surface area contributed by atoms with E-state index in [4.69, 9.17) is 5.73 Å². The van der Waals surface area contributed by atoms with Gasteiger partial charge in [-0.15, -0.1) is 0 Å². The van der Waals surface area contributed by atoms with Crippen molar-refractivity contribution in [3.05, 3.63) is 34.9 Å². The first kappa shape index (κ1) is 8.76. The third-order valence-electron chi connectivity index (χ3n) is 3.06. The van der Waals surface area contributed by atoms with Crippen LogP contribution in [0.2, 0.25) is 0 Å². The maximum Gasteiger partial charge on any atom is -0.00428 e. The smallest absolute Gasteiger partial charge is 0.00428 e. The highest BCUT2D eigenvalue weighted by atomic mass is 14.6. The van der Waals surface area contributed by atoms with E-state index >= 15 is 0 Å². The highest BCUT2D eigenvalue weighted by Crippen LogP contribution is 2.47. The van der Waals surface area contributed by atoms with Crippen LogP contribution in [0.1, 0.15) is 29.0 Å². The predicted molar refractivity (Wildman–Crippen MR) is 55.8 cm³/mol. The average molecular weight is 175 g/mol. The van der Waals surface area contributed by atoms with E-state index in [-0.39, 0.29) is 0 Å². The largest absolute Gasteiger partial charge is 0.330 e. The van der Waals surface area contributed by atoms with Crippen molar-refractivity contribution in [1.29, 1.82) is 0 Å². The van der Waals surface area contributed by atoms with Gasteiger partial charge in [-0.2, -0.15) is 0 Å². The molecule has 2 atom stereocenters. The number of benzene rings is 1. The number of nitrogens with two attached hydrogens (primary N) is 1. The van der Waals surface area contributed by atoms with Crippen molar-refractivity contribution in [2.75, 3.05) is 6.54 Å². The first-order chi connectivity index (χ1) is 6.22. The molecule has 0 aliphatic heterocycles. The first-order valence-corrected chi connectivity index (χ1v) is 4.99. The second-order valence-electron chi connectivity index (χ2n) is 4.20. The molecule has 13 heavy (non-hydrogen) atoms. The fraction of sp³-hybridized carbons (Fsp3) is 0.500. The number of hydrogen-bond acceptors (Lipinski definition) is 1. The standard InChI is InChI=1S/C12H17N/c1-8-3-4-9(2)11(5-8)12-6-10(12)7-13/h3-5,10,12H,6-7,13H2,1-2H3. The Morgan fingerprint density at radius 1 is 1.38 bits per heavy atom. The van der Waals surface area contributed by atoms with Crippen LogP contribution in [0.4, 0.5) is 0 Å². The molecule has 70 valence electrons. The molecule has 1 nitrogen and oxygen atoms in total. The molecule has 2 rings (SSSR count). The molecule has 1 aliphatic carbocycles. The summed E-state index contributed by atoms with van der Waals surface area (Å²) in [5, 5.41) is 0. The molecule has 1 aromatic carbocycles. The Kier molecular flexibility index (Phi) is 2.12. The minimum absolute atomic E-state index is 0.750. The average Bonchev–Trinajstić information content (AvgIpc) is 2.88. The molecule has 1 aromatic rings. The molecule has 2 unspecified atom stereocenters. The summed E-state index contributed by atoms with van der Waals surface area (Å²) in [7, 11) is 0. The van der Waals surface area contributed by atoms with Gasteiger partial charge < -0.3 is 5.73 Å². The summed E-state index contributed by atoms with van der Waals surface area (Å²) in [4.78, 5) is 0. The molecule has 0 spiro atoms. The van der Waals surface area contributed by atoms with Gasteiger partial charge in [-0.05, 0) is 49.8 Å². The van der Waals surface area contributed by atoms with Gasteiger partial charge in [0.1, 0.15) is 0 Å².